The maximum atomic E-state index is 13.7. The molecule has 3 aromatic rings. The fraction of sp³-hybridized carbons (Fsp3) is 0.472. The van der Waals surface area contributed by atoms with Gasteiger partial charge in [0.1, 0.15) is 6.54 Å². The van der Waals surface area contributed by atoms with Crippen molar-refractivity contribution >= 4 is 29.2 Å². The molecule has 0 radical (unpaired) electrons. The largest absolute Gasteiger partial charge is 0.364 e. The smallest absolute Gasteiger partial charge is 0.209 e. The van der Waals surface area contributed by atoms with Crippen molar-refractivity contribution < 1.29 is 4.58 Å². The van der Waals surface area contributed by atoms with Crippen LogP contribution in [0.15, 0.2) is 58.1 Å². The minimum atomic E-state index is -0.288. The fourth-order valence-electron chi connectivity index (χ4n) is 6.66. The Morgan fingerprint density at radius 3 is 2.08 bits per heavy atom. The molecule has 1 atom stereocenters. The lowest BCUT2D eigenvalue weighted by molar-refractivity contribution is -0.438. The molecule has 2 aliphatic heterocycles. The zero-order valence-corrected chi connectivity index (χ0v) is 25.5. The second-order valence-electron chi connectivity index (χ2n) is 13.7. The van der Waals surface area contributed by atoms with Crippen molar-refractivity contribution in [2.24, 2.45) is 11.8 Å². The first-order chi connectivity index (χ1) is 18.9. The summed E-state index contributed by atoms with van der Waals surface area (Å²) in [4.78, 5) is 29.7. The minimum Gasteiger partial charge on any atom is -0.364 e. The van der Waals surface area contributed by atoms with Gasteiger partial charge in [-0.15, -0.1) is 0 Å². The maximum absolute atomic E-state index is 13.7. The van der Waals surface area contributed by atoms with Gasteiger partial charge in [0.15, 0.2) is 5.71 Å². The Kier molecular flexibility index (Phi) is 7.27. The summed E-state index contributed by atoms with van der Waals surface area (Å²) in [6.45, 7) is 19.6. The summed E-state index contributed by atoms with van der Waals surface area (Å²) in [6, 6.07) is 17.0. The summed E-state index contributed by atoms with van der Waals surface area (Å²) in [6.07, 6.45) is 5.95. The zero-order chi connectivity index (χ0) is 29.0. The fourth-order valence-corrected chi connectivity index (χ4v) is 6.66. The Morgan fingerprint density at radius 2 is 1.43 bits per heavy atom. The van der Waals surface area contributed by atoms with Crippen molar-refractivity contribution in [1.29, 1.82) is 0 Å². The Hall–Kier alpha value is -3.27. The van der Waals surface area contributed by atoms with Gasteiger partial charge in [0.25, 0.3) is 0 Å². The standard InChI is InChI=1S/C36H45N2O2/c1-23(2)17-19-37-29-15-11-9-13-27(29)35(5,6)31(37)21-25-33(39)26(34(25)40)22-32-36(7,8)28-14-10-12-16-30(28)38(32)20-18-24(3)4/h9-16,21-24,31H,17-20H2,1-8H3/q+1. The lowest BCUT2D eigenvalue weighted by Gasteiger charge is -2.33. The molecule has 3 aromatic carbocycles. The normalized spacial score (nSPS) is 19.1. The minimum absolute atomic E-state index is 0.0459. The van der Waals surface area contributed by atoms with Gasteiger partial charge in [-0.3, -0.25) is 9.59 Å². The molecule has 0 bridgehead atoms. The van der Waals surface area contributed by atoms with E-state index in [2.05, 4.69) is 113 Å². The maximum Gasteiger partial charge on any atom is 0.209 e. The van der Waals surface area contributed by atoms with E-state index in [1.807, 2.05) is 12.2 Å². The molecule has 1 unspecified atom stereocenters. The molecule has 0 saturated heterocycles. The van der Waals surface area contributed by atoms with E-state index in [4.69, 9.17) is 0 Å². The number of anilines is 1. The predicted molar refractivity (Wildman–Crippen MR) is 168 cm³/mol. The van der Waals surface area contributed by atoms with Crippen LogP contribution in [-0.4, -0.2) is 29.4 Å². The predicted octanol–water partition coefficient (Wildman–Crippen LogP) is 5.18. The van der Waals surface area contributed by atoms with E-state index < -0.39 is 0 Å². The molecule has 0 amide bonds. The molecule has 4 heteroatoms. The molecule has 0 N–H and O–H groups in total. The Labute approximate surface area is 239 Å². The van der Waals surface area contributed by atoms with Crippen molar-refractivity contribution in [2.75, 3.05) is 18.0 Å². The molecule has 4 nitrogen and oxygen atoms in total. The van der Waals surface area contributed by atoms with Crippen LogP contribution in [0.1, 0.15) is 79.4 Å². The van der Waals surface area contributed by atoms with E-state index in [0.29, 0.717) is 22.3 Å². The highest BCUT2D eigenvalue weighted by Gasteiger charge is 2.45. The van der Waals surface area contributed by atoms with Gasteiger partial charge in [-0.2, -0.15) is 4.58 Å². The van der Waals surface area contributed by atoms with Crippen LogP contribution in [0.25, 0.3) is 12.2 Å². The van der Waals surface area contributed by atoms with Gasteiger partial charge in [0, 0.05) is 41.8 Å². The summed E-state index contributed by atoms with van der Waals surface area (Å²) >= 11 is 0. The molecule has 210 valence electrons. The first-order valence-electron chi connectivity index (χ1n) is 15.0. The lowest BCUT2D eigenvalue weighted by Crippen LogP contribution is -2.66. The molecule has 0 fully saturated rings. The summed E-state index contributed by atoms with van der Waals surface area (Å²) in [5, 5.41) is 0.660. The number of fused-ring (bicyclic) bond motifs is 2. The second kappa shape index (κ2) is 10.3. The van der Waals surface area contributed by atoms with Crippen molar-refractivity contribution in [3.05, 3.63) is 90.5 Å². The van der Waals surface area contributed by atoms with Crippen LogP contribution in [-0.2, 0) is 10.8 Å². The van der Waals surface area contributed by atoms with Gasteiger partial charge < -0.3 is 4.90 Å². The van der Waals surface area contributed by atoms with Gasteiger partial charge in [0.05, 0.1) is 21.9 Å². The van der Waals surface area contributed by atoms with Gasteiger partial charge in [-0.25, -0.2) is 0 Å². The first-order valence-corrected chi connectivity index (χ1v) is 15.0. The average Bonchev–Trinajstić information content (AvgIpc) is 3.26. The SMILES string of the molecule is CC(C)CCN1c2ccccc2C(C)(C)C1C=c1c(=O)c(=CC2=[N+](CCC(C)C)c3ccccc3C2(C)C)c1=O. The van der Waals surface area contributed by atoms with Crippen molar-refractivity contribution in [3.63, 3.8) is 0 Å². The third-order valence-electron chi connectivity index (χ3n) is 9.24. The Bertz CT molecular complexity index is 1630. The summed E-state index contributed by atoms with van der Waals surface area (Å²) in [5.41, 5.74) is 5.21. The van der Waals surface area contributed by atoms with Crippen LogP contribution < -0.4 is 26.2 Å². The zero-order valence-electron chi connectivity index (χ0n) is 25.5. The van der Waals surface area contributed by atoms with E-state index in [-0.39, 0.29) is 27.7 Å². The van der Waals surface area contributed by atoms with Gasteiger partial charge in [-0.05, 0) is 49.8 Å². The van der Waals surface area contributed by atoms with E-state index >= 15 is 0 Å². The number of hydrogen-bond donors (Lipinski definition) is 0. The van der Waals surface area contributed by atoms with Gasteiger partial charge >= 0.3 is 0 Å². The van der Waals surface area contributed by atoms with E-state index in [0.717, 1.165) is 31.6 Å². The van der Waals surface area contributed by atoms with E-state index in [1.165, 1.54) is 22.5 Å². The number of para-hydroxylation sites is 2. The molecule has 0 saturated carbocycles. The van der Waals surface area contributed by atoms with Gasteiger partial charge in [0.2, 0.25) is 16.5 Å². The van der Waals surface area contributed by atoms with Crippen LogP contribution in [0.4, 0.5) is 11.4 Å². The van der Waals surface area contributed by atoms with Crippen LogP contribution >= 0.6 is 0 Å². The average molecular weight is 538 g/mol. The van der Waals surface area contributed by atoms with Crippen LogP contribution in [0.3, 0.4) is 0 Å². The lowest BCUT2D eigenvalue weighted by atomic mass is 9.79. The molecule has 0 aliphatic carbocycles. The van der Waals surface area contributed by atoms with Crippen molar-refractivity contribution in [3.8, 4) is 0 Å². The third kappa shape index (κ3) is 4.60. The number of rotatable bonds is 8. The van der Waals surface area contributed by atoms with E-state index in [1.54, 1.807) is 0 Å². The third-order valence-corrected chi connectivity index (χ3v) is 9.24. The topological polar surface area (TPSA) is 40.4 Å². The van der Waals surface area contributed by atoms with Gasteiger partial charge in [-0.1, -0.05) is 77.9 Å². The molecule has 0 aromatic heterocycles. The highest BCUT2D eigenvalue weighted by molar-refractivity contribution is 6.15. The number of benzene rings is 2. The molecule has 5 rings (SSSR count). The second-order valence-corrected chi connectivity index (χ2v) is 13.7. The van der Waals surface area contributed by atoms with E-state index in [9.17, 15) is 9.59 Å². The monoisotopic (exact) mass is 537 g/mol. The quantitative estimate of drug-likeness (QED) is 0.372. The summed E-state index contributed by atoms with van der Waals surface area (Å²) in [5.74, 6) is 1.13. The number of hydrogen-bond acceptors (Lipinski definition) is 3. The molecule has 40 heavy (non-hydrogen) atoms. The Morgan fingerprint density at radius 1 is 0.825 bits per heavy atom. The highest BCUT2D eigenvalue weighted by atomic mass is 16.1. The summed E-state index contributed by atoms with van der Waals surface area (Å²) < 4.78 is 2.33. The Balaban J connectivity index is 1.61. The molecule has 0 spiro atoms. The molecular weight excluding hydrogens is 492 g/mol. The number of nitrogens with zero attached hydrogens (tertiary/aromatic N) is 2. The molecule has 2 aliphatic rings. The van der Waals surface area contributed by atoms with Crippen LogP contribution in [0.2, 0.25) is 0 Å². The van der Waals surface area contributed by atoms with Crippen molar-refractivity contribution in [2.45, 2.75) is 85.1 Å². The summed E-state index contributed by atoms with van der Waals surface area (Å²) in [7, 11) is 0. The van der Waals surface area contributed by atoms with Crippen LogP contribution in [0.5, 0.6) is 0 Å². The van der Waals surface area contributed by atoms with Crippen LogP contribution in [0, 0.1) is 11.8 Å². The first kappa shape index (κ1) is 28.3. The highest BCUT2D eigenvalue weighted by Crippen LogP contribution is 2.46. The molecule has 2 heterocycles. The van der Waals surface area contributed by atoms with Crippen molar-refractivity contribution in [1.82, 2.24) is 0 Å². The molecular formula is C36H45N2O2+.